The molecule has 0 spiro atoms. The van der Waals surface area contributed by atoms with Crippen LogP contribution in [-0.2, 0) is 0 Å². The van der Waals surface area contributed by atoms with E-state index in [1.165, 1.54) is 34.1 Å². The van der Waals surface area contributed by atoms with E-state index < -0.39 is 33.5 Å². The molecule has 0 aromatic heterocycles. The molecule has 406 valence electrons. The van der Waals surface area contributed by atoms with Gasteiger partial charge in [0.25, 0.3) is 35.0 Å². The van der Waals surface area contributed by atoms with Gasteiger partial charge in [0.05, 0.1) is 43.1 Å². The van der Waals surface area contributed by atoms with Crippen molar-refractivity contribution in [3.63, 3.8) is 0 Å². The third-order valence-corrected chi connectivity index (χ3v) is 16.4. The molecule has 0 N–H and O–H groups in total. The molecule has 4 amide bonds. The first-order chi connectivity index (χ1) is 40.7. The van der Waals surface area contributed by atoms with E-state index in [1.807, 2.05) is 79.0 Å². The highest BCUT2D eigenvalue weighted by Gasteiger charge is 2.42. The highest BCUT2D eigenvalue weighted by atomic mass is 16.6. The number of carbonyl (C=O) groups excluding carboxylic acids is 4. The van der Waals surface area contributed by atoms with Gasteiger partial charge in [0.1, 0.15) is 11.1 Å². The van der Waals surface area contributed by atoms with Gasteiger partial charge in [0.15, 0.2) is 0 Å². The summed E-state index contributed by atoms with van der Waals surface area (Å²) in [6.45, 7) is 8.40. The number of nitro groups is 2. The van der Waals surface area contributed by atoms with Gasteiger partial charge in [-0.15, -0.1) is 0 Å². The Hall–Kier alpha value is -10.8. The number of amides is 4. The van der Waals surface area contributed by atoms with Gasteiger partial charge in [-0.2, -0.15) is 0 Å². The minimum absolute atomic E-state index is 0.0553. The second-order valence-electron chi connectivity index (χ2n) is 22.1. The van der Waals surface area contributed by atoms with Crippen molar-refractivity contribution in [1.29, 1.82) is 0 Å². The Labute approximate surface area is 483 Å². The van der Waals surface area contributed by atoms with Gasteiger partial charge in [0, 0.05) is 55.3 Å². The second kappa shape index (κ2) is 20.6. The van der Waals surface area contributed by atoms with Crippen LogP contribution in [0, 0.1) is 43.9 Å². The van der Waals surface area contributed by atoms with E-state index in [2.05, 4.69) is 69.6 Å². The largest absolute Gasteiger partial charge is 0.292 e. The molecule has 0 fully saturated rings. The van der Waals surface area contributed by atoms with Crippen molar-refractivity contribution in [1.82, 2.24) is 0 Å². The first-order valence-corrected chi connectivity index (χ1v) is 27.9. The number of imide groups is 2. The maximum absolute atomic E-state index is 15.3. The summed E-state index contributed by atoms with van der Waals surface area (Å²) < 4.78 is 0. The quantitative estimate of drug-likeness (QED) is 0.0566. The maximum Gasteiger partial charge on any atom is 0.292 e. The topological polar surface area (TPSA) is 161 Å². The lowest BCUT2D eigenvalue weighted by Crippen LogP contribution is -2.41. The summed E-state index contributed by atoms with van der Waals surface area (Å²) in [6, 6.07) is 27.1. The Balaban J connectivity index is 0.899. The Morgan fingerprint density at radius 2 is 0.869 bits per heavy atom. The van der Waals surface area contributed by atoms with Gasteiger partial charge in [-0.25, -0.2) is 9.80 Å². The minimum atomic E-state index is -0.643. The number of benzene rings is 7. The third-order valence-electron chi connectivity index (χ3n) is 16.4. The standard InChI is InChI=1S/C72H50N4O8/c1-41(2)51-37-57(45-18-5-6-19-45)67(58(38-51)46-20-7-8-21-46)73-69(77)55-28-14-26-53-63(55)61(71(73)79)35-49(65(53)75(81)82)32-30-43-16-13-17-44(34-43)31-33-50-36-62-64-54(66(50)76(83)84)27-15-29-56(64)70(78)74(72(62)80)68-59(47-22-9-10-23-47)39-52(42(3)4)40-60(68)48-24-11-12-25-48/h5-11,13-18,20,22,24-29,34-42H,12,19,21,23H2,1-4H3. The average molecular weight is 1100 g/mol. The van der Waals surface area contributed by atoms with Gasteiger partial charge < -0.3 is 0 Å². The van der Waals surface area contributed by atoms with Crippen LogP contribution in [0.5, 0.6) is 0 Å². The normalized spacial score (nSPS) is 15.5. The van der Waals surface area contributed by atoms with Crippen molar-refractivity contribution in [3.8, 4) is 23.7 Å². The van der Waals surface area contributed by atoms with Crippen LogP contribution < -0.4 is 9.80 Å². The number of hydrogen-bond acceptors (Lipinski definition) is 8. The smallest absolute Gasteiger partial charge is 0.268 e. The van der Waals surface area contributed by atoms with Crippen molar-refractivity contribution in [2.24, 2.45) is 0 Å². The predicted molar refractivity (Wildman–Crippen MR) is 330 cm³/mol. The van der Waals surface area contributed by atoms with E-state index in [0.717, 1.165) is 55.7 Å². The summed E-state index contributed by atoms with van der Waals surface area (Å²) in [7, 11) is 0. The van der Waals surface area contributed by atoms with Crippen LogP contribution in [0.2, 0.25) is 0 Å². The summed E-state index contributed by atoms with van der Waals surface area (Å²) in [5.41, 5.74) is 10.0. The number of anilines is 2. The molecule has 0 atom stereocenters. The number of rotatable bonds is 10. The molecule has 2 aliphatic heterocycles. The molecule has 0 bridgehead atoms. The van der Waals surface area contributed by atoms with Crippen LogP contribution in [-0.4, -0.2) is 33.5 Å². The van der Waals surface area contributed by atoms with Gasteiger partial charge in [-0.05, 0) is 150 Å². The van der Waals surface area contributed by atoms with Gasteiger partial charge in [0.2, 0.25) is 0 Å². The average Bonchev–Trinajstić information content (AvgIpc) is 1.20. The Bertz CT molecular complexity index is 4610. The highest BCUT2D eigenvalue weighted by molar-refractivity contribution is 6.39. The molecule has 7 aromatic carbocycles. The van der Waals surface area contributed by atoms with E-state index >= 15 is 9.59 Å². The minimum Gasteiger partial charge on any atom is -0.268 e. The van der Waals surface area contributed by atoms with Crippen molar-refractivity contribution in [2.75, 3.05) is 9.80 Å². The molecule has 0 unspecified atom stereocenters. The predicted octanol–water partition coefficient (Wildman–Crippen LogP) is 15.8. The summed E-state index contributed by atoms with van der Waals surface area (Å²) in [5.74, 6) is 9.85. The van der Waals surface area contributed by atoms with E-state index in [4.69, 9.17) is 0 Å². The second-order valence-corrected chi connectivity index (χ2v) is 22.1. The Kier molecular flexibility index (Phi) is 12.9. The Morgan fingerprint density at radius 1 is 0.464 bits per heavy atom. The molecule has 12 nitrogen and oxygen atoms in total. The zero-order chi connectivity index (χ0) is 58.2. The first kappa shape index (κ1) is 52.5. The molecule has 84 heavy (non-hydrogen) atoms. The lowest BCUT2D eigenvalue weighted by Gasteiger charge is -2.32. The summed E-state index contributed by atoms with van der Waals surface area (Å²) in [6.07, 6.45) is 26.5. The van der Waals surface area contributed by atoms with E-state index in [9.17, 15) is 29.8 Å². The summed E-state index contributed by atoms with van der Waals surface area (Å²) in [4.78, 5) is 88.1. The van der Waals surface area contributed by atoms with Crippen LogP contribution in [0.3, 0.4) is 0 Å². The number of nitro benzene ring substituents is 2. The molecule has 6 aliphatic rings. The van der Waals surface area contributed by atoms with Crippen LogP contribution in [0.1, 0.15) is 162 Å². The van der Waals surface area contributed by atoms with E-state index in [0.29, 0.717) is 48.2 Å². The monoisotopic (exact) mass is 1100 g/mol. The highest BCUT2D eigenvalue weighted by Crippen LogP contribution is 2.49. The van der Waals surface area contributed by atoms with Crippen molar-refractivity contribution in [2.45, 2.75) is 65.2 Å². The lowest BCUT2D eigenvalue weighted by molar-refractivity contribution is -0.383. The summed E-state index contributed by atoms with van der Waals surface area (Å²) in [5, 5.41) is 26.7. The number of hydrogen-bond donors (Lipinski definition) is 0. The third kappa shape index (κ3) is 8.66. The maximum atomic E-state index is 15.3. The van der Waals surface area contributed by atoms with Gasteiger partial charge in [-0.3, -0.25) is 39.4 Å². The number of carbonyl (C=O) groups is 4. The van der Waals surface area contributed by atoms with Gasteiger partial charge >= 0.3 is 0 Å². The molecule has 4 aliphatic carbocycles. The van der Waals surface area contributed by atoms with Crippen molar-refractivity contribution >= 4 is 90.2 Å². The molecule has 0 saturated heterocycles. The molecular weight excluding hydrogens is 1050 g/mol. The molecule has 0 radical (unpaired) electrons. The van der Waals surface area contributed by atoms with E-state index in [-0.39, 0.29) is 78.1 Å². The molecule has 13 rings (SSSR count). The van der Waals surface area contributed by atoms with Crippen LogP contribution in [0.4, 0.5) is 22.7 Å². The Morgan fingerprint density at radius 3 is 1.25 bits per heavy atom. The molecular formula is C72H50N4O8. The molecule has 2 heterocycles. The van der Waals surface area contributed by atoms with Crippen molar-refractivity contribution < 1.29 is 29.0 Å². The van der Waals surface area contributed by atoms with Crippen LogP contribution in [0.25, 0.3) is 43.8 Å². The molecule has 12 heteroatoms. The molecule has 7 aromatic rings. The number of allylic oxidation sites excluding steroid dienone is 16. The number of nitrogens with zero attached hydrogens (tertiary/aromatic N) is 4. The zero-order valence-electron chi connectivity index (χ0n) is 46.2. The lowest BCUT2D eigenvalue weighted by atomic mass is 9.86. The fourth-order valence-electron chi connectivity index (χ4n) is 12.3. The zero-order valence-corrected chi connectivity index (χ0v) is 46.2. The van der Waals surface area contributed by atoms with Gasteiger partial charge in [-0.1, -0.05) is 142 Å². The van der Waals surface area contributed by atoms with E-state index in [1.54, 1.807) is 48.5 Å². The van der Waals surface area contributed by atoms with Crippen LogP contribution >= 0.6 is 0 Å². The van der Waals surface area contributed by atoms with Crippen LogP contribution in [0.15, 0.2) is 170 Å². The fraction of sp³-hybridized carbons (Fsp3) is 0.139. The molecule has 0 saturated carbocycles. The first-order valence-electron chi connectivity index (χ1n) is 27.9. The van der Waals surface area contributed by atoms with Crippen molar-refractivity contribution in [3.05, 3.63) is 268 Å². The fourth-order valence-corrected chi connectivity index (χ4v) is 12.3. The SMILES string of the molecule is CC(C)c1cc(C2=CCC=C2)c(N2C(=O)c3cccc4c([N+](=O)[O-])c(C#Cc5cccc(C#Cc6cc7c8c(cccc8c6[N+](=O)[O-])C(=O)N(c6c(C8=CC=CC8)cc(C(C)C)cc6C6=CC=CC6)C7=O)c5)cc(c34)C2=O)c(C2=CC=CC2)c1. The summed E-state index contributed by atoms with van der Waals surface area (Å²) >= 11 is 0.